The van der Waals surface area contributed by atoms with Crippen LogP contribution in [0.25, 0.3) is 22.3 Å². The molecule has 0 amide bonds. The minimum absolute atomic E-state index is 0.00582. The fraction of sp³-hybridized carbons (Fsp3) is 0.250. The lowest BCUT2D eigenvalue weighted by Crippen LogP contribution is -2.60. The smallest absolute Gasteiger partial charge is 0.402 e. The molecule has 2 aliphatic heterocycles. The van der Waals surface area contributed by atoms with Crippen LogP contribution in [0.1, 0.15) is 28.7 Å². The van der Waals surface area contributed by atoms with Crippen molar-refractivity contribution in [1.29, 1.82) is 0 Å². The first-order valence-corrected chi connectivity index (χ1v) is 16.0. The number of phenols is 8. The highest BCUT2D eigenvalue weighted by molar-refractivity contribution is 5.92. The molecule has 0 saturated carbocycles. The number of rotatable bonds is 6. The number of benzene rings is 4. The molecule has 17 heteroatoms. The lowest BCUT2D eigenvalue weighted by atomic mass is 9.78. The number of hydrogen-bond donors (Lipinski definition) is 13. The van der Waals surface area contributed by atoms with Crippen LogP contribution < -0.4 is 9.47 Å². The number of aliphatic hydroxyl groups is 5. The topological polar surface area (TPSA) is 302 Å². The fourth-order valence-corrected chi connectivity index (χ4v) is 6.66. The van der Waals surface area contributed by atoms with Gasteiger partial charge in [-0.1, -0.05) is 6.07 Å². The second-order valence-corrected chi connectivity index (χ2v) is 12.7. The van der Waals surface area contributed by atoms with Crippen LogP contribution in [0.5, 0.6) is 57.5 Å². The van der Waals surface area contributed by atoms with E-state index in [2.05, 4.69) is 0 Å². The van der Waals surface area contributed by atoms with Crippen molar-refractivity contribution in [3.8, 4) is 68.8 Å². The first-order valence-electron chi connectivity index (χ1n) is 16.0. The molecule has 5 aromatic rings. The van der Waals surface area contributed by atoms with Gasteiger partial charge in [-0.3, -0.25) is 0 Å². The van der Waals surface area contributed by atoms with Crippen LogP contribution in [0.2, 0.25) is 0 Å². The lowest BCUT2D eigenvalue weighted by molar-refractivity contribution is -0.277. The molecule has 7 rings (SSSR count). The van der Waals surface area contributed by atoms with Gasteiger partial charge in [0.15, 0.2) is 29.1 Å². The summed E-state index contributed by atoms with van der Waals surface area (Å²) in [6, 6.07) is 11.2. The standard InChI is InChI=1S/C36H32O17/c37-11-25-29(46)31(48)32(49)36(52-25)51-24-9-15-18(41)10-22(45)27(35(15)53-33(24)12-1-3-16(39)19(42)5-12)28-26-21(44)7-14(38)8-23(26)50-34(30(28)47)13-2-4-17(40)20(43)6-13/h1-10,25,28-32,34,36-37,46-49H,11H2,(H7-,38,39,40,41,42,43,44,45)/p+1. The van der Waals surface area contributed by atoms with Gasteiger partial charge in [-0.05, 0) is 29.8 Å². The molecule has 0 bridgehead atoms. The van der Waals surface area contributed by atoms with Crippen molar-refractivity contribution in [2.24, 2.45) is 0 Å². The average Bonchev–Trinajstić information content (AvgIpc) is 3.11. The van der Waals surface area contributed by atoms with Gasteiger partial charge in [-0.25, -0.2) is 4.42 Å². The van der Waals surface area contributed by atoms with Crippen LogP contribution in [-0.4, -0.2) is 110 Å². The van der Waals surface area contributed by atoms with Crippen molar-refractivity contribution in [3.05, 3.63) is 77.4 Å². The number of phenolic OH excluding ortho intramolecular Hbond substituents is 8. The Labute approximate surface area is 297 Å². The van der Waals surface area contributed by atoms with Gasteiger partial charge in [-0.15, -0.1) is 0 Å². The van der Waals surface area contributed by atoms with E-state index in [0.717, 1.165) is 48.5 Å². The second-order valence-electron chi connectivity index (χ2n) is 12.7. The van der Waals surface area contributed by atoms with E-state index in [1.807, 2.05) is 0 Å². The van der Waals surface area contributed by atoms with Crippen molar-refractivity contribution in [1.82, 2.24) is 0 Å². The Morgan fingerprint density at radius 3 is 1.98 bits per heavy atom. The molecule has 0 radical (unpaired) electrons. The van der Waals surface area contributed by atoms with Crippen LogP contribution in [0.4, 0.5) is 0 Å². The molecule has 8 atom stereocenters. The molecule has 1 fully saturated rings. The minimum Gasteiger partial charge on any atom is -0.508 e. The van der Waals surface area contributed by atoms with Gasteiger partial charge < -0.3 is 80.6 Å². The molecule has 1 saturated heterocycles. The maximum absolute atomic E-state index is 12.0. The van der Waals surface area contributed by atoms with E-state index >= 15 is 0 Å². The number of fused-ring (bicyclic) bond motifs is 2. The third-order valence-electron chi connectivity index (χ3n) is 9.31. The molecule has 278 valence electrons. The molecular weight excluding hydrogens is 704 g/mol. The summed E-state index contributed by atoms with van der Waals surface area (Å²) in [4.78, 5) is 0. The largest absolute Gasteiger partial charge is 0.508 e. The van der Waals surface area contributed by atoms with Crippen molar-refractivity contribution >= 4 is 11.0 Å². The zero-order chi connectivity index (χ0) is 38.0. The monoisotopic (exact) mass is 737 g/mol. The molecule has 13 N–H and O–H groups in total. The Bertz CT molecular complexity index is 2220. The number of hydrogen-bond acceptors (Lipinski definition) is 16. The first-order chi connectivity index (χ1) is 25.2. The van der Waals surface area contributed by atoms with Gasteiger partial charge in [0.25, 0.3) is 0 Å². The molecule has 1 aromatic heterocycles. The quantitative estimate of drug-likeness (QED) is 0.0873. The Morgan fingerprint density at radius 1 is 0.623 bits per heavy atom. The van der Waals surface area contributed by atoms with Crippen LogP contribution >= 0.6 is 0 Å². The van der Waals surface area contributed by atoms with Crippen LogP contribution in [0, 0.1) is 0 Å². The maximum Gasteiger partial charge on any atom is 0.402 e. The Hall–Kier alpha value is -5.95. The fourth-order valence-electron chi connectivity index (χ4n) is 6.66. The highest BCUT2D eigenvalue weighted by Gasteiger charge is 2.48. The molecule has 2 aliphatic rings. The lowest BCUT2D eigenvalue weighted by Gasteiger charge is -2.39. The summed E-state index contributed by atoms with van der Waals surface area (Å²) in [5.74, 6) is -6.76. The summed E-state index contributed by atoms with van der Waals surface area (Å²) in [5, 5.41) is 137. The Morgan fingerprint density at radius 2 is 1.30 bits per heavy atom. The van der Waals surface area contributed by atoms with Gasteiger partial charge in [0.05, 0.1) is 18.1 Å². The number of aromatic hydroxyl groups is 8. The van der Waals surface area contributed by atoms with E-state index in [1.54, 1.807) is 0 Å². The summed E-state index contributed by atoms with van der Waals surface area (Å²) in [6.45, 7) is -0.778. The summed E-state index contributed by atoms with van der Waals surface area (Å²) < 4.78 is 23.7. The molecule has 4 aromatic carbocycles. The van der Waals surface area contributed by atoms with Crippen molar-refractivity contribution < 1.29 is 85.0 Å². The van der Waals surface area contributed by atoms with E-state index in [1.165, 1.54) is 12.1 Å². The Kier molecular flexibility index (Phi) is 8.85. The third-order valence-corrected chi connectivity index (χ3v) is 9.31. The molecule has 0 aliphatic carbocycles. The predicted octanol–water partition coefficient (Wildman–Crippen LogP) is 1.83. The average molecular weight is 738 g/mol. The van der Waals surface area contributed by atoms with Crippen LogP contribution in [0.3, 0.4) is 0 Å². The highest BCUT2D eigenvalue weighted by atomic mass is 16.7. The van der Waals surface area contributed by atoms with Crippen LogP contribution in [-0.2, 0) is 4.74 Å². The summed E-state index contributed by atoms with van der Waals surface area (Å²) in [7, 11) is 0. The summed E-state index contributed by atoms with van der Waals surface area (Å²) in [5.41, 5.74) is -0.622. The molecule has 53 heavy (non-hydrogen) atoms. The zero-order valence-corrected chi connectivity index (χ0v) is 27.0. The molecule has 3 heterocycles. The first kappa shape index (κ1) is 35.5. The van der Waals surface area contributed by atoms with Crippen molar-refractivity contribution in [2.75, 3.05) is 6.61 Å². The SMILES string of the molecule is OCC1OC(Oc2cc3c(O)cc(O)c(C4c5c(O)cc(O)cc5OC(c5ccc(O)c(O)c5)C4O)c3[o+]c2-c2ccc(O)c(O)c2)C(O)C(O)C1O. The minimum atomic E-state index is -1.89. The molecule has 8 unspecified atom stereocenters. The van der Waals surface area contributed by atoms with E-state index in [9.17, 15) is 66.4 Å². The normalized spacial score (nSPS) is 25.5. The maximum atomic E-state index is 12.0. The van der Waals surface area contributed by atoms with E-state index in [0.29, 0.717) is 0 Å². The van der Waals surface area contributed by atoms with Crippen molar-refractivity contribution in [2.45, 2.75) is 48.8 Å². The Balaban J connectivity index is 1.47. The second kappa shape index (κ2) is 13.2. The van der Waals surface area contributed by atoms with Gasteiger partial charge in [0.1, 0.15) is 70.2 Å². The summed E-state index contributed by atoms with van der Waals surface area (Å²) in [6.07, 6.45) is -11.7. The number of ether oxygens (including phenoxy) is 3. The van der Waals surface area contributed by atoms with Gasteiger partial charge in [-0.2, -0.15) is 0 Å². The molecular formula is C36H33O17+. The third kappa shape index (κ3) is 6.00. The van der Waals surface area contributed by atoms with Gasteiger partial charge in [0.2, 0.25) is 12.0 Å². The predicted molar refractivity (Wildman–Crippen MR) is 178 cm³/mol. The zero-order valence-electron chi connectivity index (χ0n) is 27.0. The highest BCUT2D eigenvalue weighted by Crippen LogP contribution is 2.55. The van der Waals surface area contributed by atoms with Crippen LogP contribution in [0.15, 0.2) is 65.1 Å². The number of aliphatic hydroxyl groups excluding tert-OH is 5. The van der Waals surface area contributed by atoms with Crippen molar-refractivity contribution in [3.63, 3.8) is 0 Å². The van der Waals surface area contributed by atoms with E-state index in [-0.39, 0.29) is 50.5 Å². The van der Waals surface area contributed by atoms with E-state index < -0.39 is 101 Å². The van der Waals surface area contributed by atoms with E-state index in [4.69, 9.17) is 18.6 Å². The molecule has 17 nitrogen and oxygen atoms in total. The van der Waals surface area contributed by atoms with Gasteiger partial charge >= 0.3 is 11.3 Å². The molecule has 0 spiro atoms. The summed E-state index contributed by atoms with van der Waals surface area (Å²) >= 11 is 0. The van der Waals surface area contributed by atoms with Gasteiger partial charge in [0, 0.05) is 35.9 Å².